The standard InChI is InChI=1S/C21H21N5OS/c1-14-7-9-15(10-8-14)11-23-27-12-18-24-20-19-16-5-3-2-4-6-17(16)28-21(19)22-13-26(20)25-18/h7-11,13H,2-6,12H2,1H3/b23-11+. The lowest BCUT2D eigenvalue weighted by molar-refractivity contribution is 0.126. The van der Waals surface area contributed by atoms with E-state index >= 15 is 0 Å². The third-order valence-electron chi connectivity index (χ3n) is 5.13. The highest BCUT2D eigenvalue weighted by Gasteiger charge is 2.19. The first kappa shape index (κ1) is 17.3. The Labute approximate surface area is 166 Å². The van der Waals surface area contributed by atoms with Gasteiger partial charge in [-0.2, -0.15) is 0 Å². The van der Waals surface area contributed by atoms with Crippen LogP contribution >= 0.6 is 11.3 Å². The minimum atomic E-state index is 0.234. The Morgan fingerprint density at radius 3 is 2.93 bits per heavy atom. The molecular formula is C21H21N5OS. The summed E-state index contributed by atoms with van der Waals surface area (Å²) in [4.78, 5) is 17.3. The van der Waals surface area contributed by atoms with Gasteiger partial charge in [0.2, 0.25) is 0 Å². The summed E-state index contributed by atoms with van der Waals surface area (Å²) in [5, 5.41) is 9.74. The SMILES string of the molecule is Cc1ccc(/C=N/OCc2nc3c4c5c(sc4ncn3n2)CCCCC5)cc1. The quantitative estimate of drug-likeness (QED) is 0.293. The van der Waals surface area contributed by atoms with Crippen LogP contribution in [0, 0.1) is 6.92 Å². The summed E-state index contributed by atoms with van der Waals surface area (Å²) in [6, 6.07) is 8.12. The van der Waals surface area contributed by atoms with Crippen LogP contribution in [0.15, 0.2) is 35.7 Å². The van der Waals surface area contributed by atoms with Crippen LogP contribution in [0.25, 0.3) is 15.9 Å². The fourth-order valence-corrected chi connectivity index (χ4v) is 4.91. The van der Waals surface area contributed by atoms with Crippen LogP contribution in [0.5, 0.6) is 0 Å². The molecule has 0 bridgehead atoms. The minimum Gasteiger partial charge on any atom is -0.387 e. The molecule has 5 rings (SSSR count). The zero-order valence-electron chi connectivity index (χ0n) is 15.8. The van der Waals surface area contributed by atoms with Gasteiger partial charge in [0.15, 0.2) is 18.1 Å². The van der Waals surface area contributed by atoms with E-state index < -0.39 is 0 Å². The number of fused-ring (bicyclic) bond motifs is 5. The first-order valence-electron chi connectivity index (χ1n) is 9.64. The molecule has 3 aromatic heterocycles. The lowest BCUT2D eigenvalue weighted by atomic mass is 10.1. The summed E-state index contributed by atoms with van der Waals surface area (Å²) in [6.45, 7) is 2.29. The van der Waals surface area contributed by atoms with Gasteiger partial charge in [0, 0.05) is 4.88 Å². The molecule has 7 heteroatoms. The van der Waals surface area contributed by atoms with Crippen molar-refractivity contribution in [2.45, 2.75) is 45.6 Å². The van der Waals surface area contributed by atoms with Crippen molar-refractivity contribution in [2.24, 2.45) is 5.16 Å². The lowest BCUT2D eigenvalue weighted by Crippen LogP contribution is -1.93. The number of aromatic nitrogens is 4. The van der Waals surface area contributed by atoms with E-state index in [-0.39, 0.29) is 6.61 Å². The van der Waals surface area contributed by atoms with Gasteiger partial charge in [0.05, 0.1) is 11.6 Å². The Bertz CT molecular complexity index is 1160. The van der Waals surface area contributed by atoms with Crippen molar-refractivity contribution in [3.63, 3.8) is 0 Å². The van der Waals surface area contributed by atoms with Crippen molar-refractivity contribution in [2.75, 3.05) is 0 Å². The number of hydrogen-bond donors (Lipinski definition) is 0. The van der Waals surface area contributed by atoms with Crippen LogP contribution in [0.3, 0.4) is 0 Å². The monoisotopic (exact) mass is 391 g/mol. The van der Waals surface area contributed by atoms with E-state index in [9.17, 15) is 0 Å². The second kappa shape index (κ2) is 7.31. The van der Waals surface area contributed by atoms with Gasteiger partial charge in [0.25, 0.3) is 0 Å². The Kier molecular flexibility index (Phi) is 4.52. The average molecular weight is 392 g/mol. The molecule has 1 aromatic carbocycles. The van der Waals surface area contributed by atoms with Crippen LogP contribution in [-0.2, 0) is 24.3 Å². The fourth-order valence-electron chi connectivity index (χ4n) is 3.68. The number of aryl methyl sites for hydroxylation is 3. The molecule has 1 aliphatic rings. The molecule has 3 heterocycles. The maximum atomic E-state index is 5.42. The highest BCUT2D eigenvalue weighted by Crippen LogP contribution is 2.36. The topological polar surface area (TPSA) is 64.7 Å². The average Bonchev–Trinajstić information content (AvgIpc) is 3.19. The van der Waals surface area contributed by atoms with Crippen LogP contribution in [0.2, 0.25) is 0 Å². The summed E-state index contributed by atoms with van der Waals surface area (Å²) in [6.07, 6.45) is 9.51. The van der Waals surface area contributed by atoms with Gasteiger partial charge in [-0.15, -0.1) is 16.4 Å². The highest BCUT2D eigenvalue weighted by molar-refractivity contribution is 7.19. The number of thiophene rings is 1. The van der Waals surface area contributed by atoms with Crippen molar-refractivity contribution >= 4 is 33.4 Å². The molecule has 0 amide bonds. The van der Waals surface area contributed by atoms with E-state index in [0.29, 0.717) is 5.82 Å². The summed E-state index contributed by atoms with van der Waals surface area (Å²) < 4.78 is 1.77. The summed E-state index contributed by atoms with van der Waals surface area (Å²) in [5.41, 5.74) is 4.53. The zero-order valence-corrected chi connectivity index (χ0v) is 16.6. The van der Waals surface area contributed by atoms with Gasteiger partial charge in [-0.05, 0) is 43.7 Å². The van der Waals surface area contributed by atoms with Crippen LogP contribution < -0.4 is 0 Å². The number of hydrogen-bond acceptors (Lipinski definition) is 6. The molecule has 1 aliphatic carbocycles. The third-order valence-corrected chi connectivity index (χ3v) is 6.33. The molecule has 0 saturated heterocycles. The smallest absolute Gasteiger partial charge is 0.192 e. The molecule has 142 valence electrons. The van der Waals surface area contributed by atoms with Gasteiger partial charge in [-0.1, -0.05) is 41.4 Å². The summed E-state index contributed by atoms with van der Waals surface area (Å²) >= 11 is 1.81. The van der Waals surface area contributed by atoms with Crippen LogP contribution in [0.4, 0.5) is 0 Å². The van der Waals surface area contributed by atoms with E-state index in [2.05, 4.69) is 22.2 Å². The van der Waals surface area contributed by atoms with E-state index in [4.69, 9.17) is 9.82 Å². The van der Waals surface area contributed by atoms with E-state index in [1.165, 1.54) is 40.7 Å². The number of nitrogens with zero attached hydrogens (tertiary/aromatic N) is 5. The predicted octanol–water partition coefficient (Wildman–Crippen LogP) is 4.47. The largest absolute Gasteiger partial charge is 0.387 e. The van der Waals surface area contributed by atoms with Gasteiger partial charge >= 0.3 is 0 Å². The molecule has 0 N–H and O–H groups in total. The molecule has 0 saturated carbocycles. The van der Waals surface area contributed by atoms with E-state index in [1.54, 1.807) is 17.1 Å². The second-order valence-corrected chi connectivity index (χ2v) is 8.29. The maximum absolute atomic E-state index is 5.42. The van der Waals surface area contributed by atoms with E-state index in [0.717, 1.165) is 28.9 Å². The Balaban J connectivity index is 1.39. The molecule has 0 radical (unpaired) electrons. The number of rotatable bonds is 4. The molecule has 0 spiro atoms. The zero-order chi connectivity index (χ0) is 18.9. The van der Waals surface area contributed by atoms with Crippen molar-refractivity contribution in [1.29, 1.82) is 0 Å². The molecule has 4 aromatic rings. The van der Waals surface area contributed by atoms with Gasteiger partial charge in [-0.3, -0.25) is 0 Å². The van der Waals surface area contributed by atoms with Gasteiger partial charge < -0.3 is 4.84 Å². The van der Waals surface area contributed by atoms with Crippen molar-refractivity contribution in [3.05, 3.63) is 58.0 Å². The summed E-state index contributed by atoms with van der Waals surface area (Å²) in [5.74, 6) is 0.615. The normalized spacial score (nSPS) is 14.6. The lowest BCUT2D eigenvalue weighted by Gasteiger charge is -1.98. The Hall–Kier alpha value is -2.80. The molecule has 28 heavy (non-hydrogen) atoms. The molecule has 0 aliphatic heterocycles. The van der Waals surface area contributed by atoms with Crippen LogP contribution in [-0.4, -0.2) is 25.8 Å². The highest BCUT2D eigenvalue weighted by atomic mass is 32.1. The second-order valence-electron chi connectivity index (χ2n) is 7.20. The predicted molar refractivity (Wildman–Crippen MR) is 111 cm³/mol. The van der Waals surface area contributed by atoms with E-state index in [1.807, 2.05) is 35.6 Å². The van der Waals surface area contributed by atoms with Gasteiger partial charge in [-0.25, -0.2) is 14.5 Å². The molecule has 0 unspecified atom stereocenters. The first-order valence-corrected chi connectivity index (χ1v) is 10.5. The van der Waals surface area contributed by atoms with Crippen LogP contribution in [0.1, 0.15) is 46.7 Å². The maximum Gasteiger partial charge on any atom is 0.192 e. The third kappa shape index (κ3) is 3.26. The number of benzene rings is 1. The molecule has 0 fully saturated rings. The molecule has 0 atom stereocenters. The Morgan fingerprint density at radius 1 is 1.18 bits per heavy atom. The molecular weight excluding hydrogens is 370 g/mol. The van der Waals surface area contributed by atoms with Crippen molar-refractivity contribution in [1.82, 2.24) is 19.6 Å². The summed E-state index contributed by atoms with van der Waals surface area (Å²) in [7, 11) is 0. The Morgan fingerprint density at radius 2 is 2.04 bits per heavy atom. The number of oxime groups is 1. The van der Waals surface area contributed by atoms with Gasteiger partial charge in [0.1, 0.15) is 11.2 Å². The van der Waals surface area contributed by atoms with Crippen molar-refractivity contribution < 1.29 is 4.84 Å². The van der Waals surface area contributed by atoms with Crippen molar-refractivity contribution in [3.8, 4) is 0 Å². The first-order chi connectivity index (χ1) is 13.8. The minimum absolute atomic E-state index is 0.234. The molecule has 6 nitrogen and oxygen atoms in total. The fraction of sp³-hybridized carbons (Fsp3) is 0.333.